The molecule has 0 spiro atoms. The maximum Gasteiger partial charge on any atom is 0.131 e. The molecule has 0 radical (unpaired) electrons. The van der Waals surface area contributed by atoms with Gasteiger partial charge in [-0.1, -0.05) is 11.6 Å². The molecule has 0 aromatic carbocycles. The molecule has 1 saturated carbocycles. The van der Waals surface area contributed by atoms with E-state index < -0.39 is 0 Å². The number of halogens is 1. The fourth-order valence-corrected chi connectivity index (χ4v) is 1.41. The fourth-order valence-electron chi connectivity index (χ4n) is 1.19. The molecule has 3 heteroatoms. The van der Waals surface area contributed by atoms with Gasteiger partial charge >= 0.3 is 0 Å². The van der Waals surface area contributed by atoms with Crippen LogP contribution in [0.15, 0.2) is 12.1 Å². The maximum atomic E-state index is 5.73. The average Bonchev–Trinajstić information content (AvgIpc) is 2.64. The second-order valence-electron chi connectivity index (χ2n) is 2.92. The van der Waals surface area contributed by atoms with Crippen LogP contribution in [0.1, 0.15) is 24.3 Å². The second kappa shape index (κ2) is 2.38. The summed E-state index contributed by atoms with van der Waals surface area (Å²) in [5.74, 6) is 1.22. The van der Waals surface area contributed by atoms with E-state index in [1.807, 2.05) is 12.1 Å². The zero-order valence-electron chi connectivity index (χ0n) is 6.05. The molecule has 0 bridgehead atoms. The SMILES string of the molecule is Nc1cc(C2CC2)cc(Cl)n1. The lowest BCUT2D eigenvalue weighted by molar-refractivity contribution is 1.11. The summed E-state index contributed by atoms with van der Waals surface area (Å²) in [6.45, 7) is 0. The molecule has 1 aliphatic carbocycles. The third-order valence-corrected chi connectivity index (χ3v) is 2.08. The number of hydrogen-bond acceptors (Lipinski definition) is 2. The van der Waals surface area contributed by atoms with Gasteiger partial charge in [-0.3, -0.25) is 0 Å². The van der Waals surface area contributed by atoms with Crippen molar-refractivity contribution in [2.75, 3.05) is 5.73 Å². The van der Waals surface area contributed by atoms with Gasteiger partial charge in [0, 0.05) is 0 Å². The van der Waals surface area contributed by atoms with E-state index in [9.17, 15) is 0 Å². The molecule has 1 heterocycles. The van der Waals surface area contributed by atoms with Crippen LogP contribution in [0, 0.1) is 0 Å². The predicted molar refractivity (Wildman–Crippen MR) is 45.6 cm³/mol. The zero-order chi connectivity index (χ0) is 7.84. The van der Waals surface area contributed by atoms with Crippen LogP contribution in [0.4, 0.5) is 5.82 Å². The van der Waals surface area contributed by atoms with Gasteiger partial charge in [-0.25, -0.2) is 4.98 Å². The molecule has 0 amide bonds. The summed E-state index contributed by atoms with van der Waals surface area (Å²) >= 11 is 5.73. The normalized spacial score (nSPS) is 16.8. The van der Waals surface area contributed by atoms with Crippen LogP contribution in [0.3, 0.4) is 0 Å². The molecule has 0 atom stereocenters. The van der Waals surface area contributed by atoms with Crippen molar-refractivity contribution in [1.82, 2.24) is 4.98 Å². The van der Waals surface area contributed by atoms with Crippen LogP contribution in [-0.4, -0.2) is 4.98 Å². The number of nitrogens with zero attached hydrogens (tertiary/aromatic N) is 1. The molecule has 1 fully saturated rings. The number of hydrogen-bond donors (Lipinski definition) is 1. The van der Waals surface area contributed by atoms with Gasteiger partial charge in [0.15, 0.2) is 0 Å². The van der Waals surface area contributed by atoms with E-state index in [0.29, 0.717) is 16.9 Å². The van der Waals surface area contributed by atoms with E-state index in [4.69, 9.17) is 17.3 Å². The highest BCUT2D eigenvalue weighted by Gasteiger charge is 2.23. The molecule has 0 aliphatic heterocycles. The van der Waals surface area contributed by atoms with Gasteiger partial charge in [0.05, 0.1) is 0 Å². The zero-order valence-corrected chi connectivity index (χ0v) is 6.80. The summed E-state index contributed by atoms with van der Waals surface area (Å²) in [5, 5.41) is 0.506. The van der Waals surface area contributed by atoms with E-state index in [-0.39, 0.29) is 0 Å². The minimum Gasteiger partial charge on any atom is -0.384 e. The Labute approximate surface area is 70.4 Å². The van der Waals surface area contributed by atoms with Crippen LogP contribution < -0.4 is 5.73 Å². The molecule has 2 N–H and O–H groups in total. The van der Waals surface area contributed by atoms with Crippen molar-refractivity contribution in [3.05, 3.63) is 22.8 Å². The Morgan fingerprint density at radius 2 is 2.18 bits per heavy atom. The molecule has 1 aromatic rings. The largest absolute Gasteiger partial charge is 0.384 e. The molecule has 11 heavy (non-hydrogen) atoms. The van der Waals surface area contributed by atoms with Crippen molar-refractivity contribution in [1.29, 1.82) is 0 Å². The van der Waals surface area contributed by atoms with Crippen LogP contribution >= 0.6 is 11.6 Å². The van der Waals surface area contributed by atoms with Gasteiger partial charge < -0.3 is 5.73 Å². The van der Waals surface area contributed by atoms with Gasteiger partial charge in [-0.2, -0.15) is 0 Å². The average molecular weight is 169 g/mol. The first-order valence-corrected chi connectivity index (χ1v) is 4.06. The Kier molecular flexibility index (Phi) is 1.50. The van der Waals surface area contributed by atoms with Gasteiger partial charge in [0.25, 0.3) is 0 Å². The third-order valence-electron chi connectivity index (χ3n) is 1.88. The summed E-state index contributed by atoms with van der Waals surface area (Å²) < 4.78 is 0. The fraction of sp³-hybridized carbons (Fsp3) is 0.375. The highest BCUT2D eigenvalue weighted by molar-refractivity contribution is 6.29. The Bertz CT molecular complexity index is 261. The molecule has 0 unspecified atom stereocenters. The Balaban J connectivity index is 2.39. The summed E-state index contributed by atoms with van der Waals surface area (Å²) in [6.07, 6.45) is 2.53. The van der Waals surface area contributed by atoms with Crippen molar-refractivity contribution < 1.29 is 0 Å². The van der Waals surface area contributed by atoms with Gasteiger partial charge in [0.1, 0.15) is 11.0 Å². The first-order valence-electron chi connectivity index (χ1n) is 3.68. The van der Waals surface area contributed by atoms with Crippen molar-refractivity contribution in [3.63, 3.8) is 0 Å². The smallest absolute Gasteiger partial charge is 0.131 e. The second-order valence-corrected chi connectivity index (χ2v) is 3.31. The monoisotopic (exact) mass is 168 g/mol. The summed E-state index contributed by atoms with van der Waals surface area (Å²) in [4.78, 5) is 3.89. The van der Waals surface area contributed by atoms with Gasteiger partial charge in [-0.05, 0) is 36.5 Å². The first-order chi connectivity index (χ1) is 5.25. The lowest BCUT2D eigenvalue weighted by Crippen LogP contribution is -1.92. The molecule has 1 aliphatic rings. The van der Waals surface area contributed by atoms with Crippen molar-refractivity contribution >= 4 is 17.4 Å². The molecule has 58 valence electrons. The van der Waals surface area contributed by atoms with Crippen LogP contribution in [0.2, 0.25) is 5.15 Å². The Morgan fingerprint density at radius 3 is 2.73 bits per heavy atom. The predicted octanol–water partition coefficient (Wildman–Crippen LogP) is 2.19. The van der Waals surface area contributed by atoms with Gasteiger partial charge in [0.2, 0.25) is 0 Å². The van der Waals surface area contributed by atoms with E-state index in [0.717, 1.165) is 0 Å². The molecule has 2 rings (SSSR count). The van der Waals surface area contributed by atoms with E-state index in [1.54, 1.807) is 0 Å². The van der Waals surface area contributed by atoms with Crippen molar-refractivity contribution in [3.8, 4) is 0 Å². The highest BCUT2D eigenvalue weighted by atomic mass is 35.5. The minimum absolute atomic E-state index is 0.506. The van der Waals surface area contributed by atoms with Crippen LogP contribution in [-0.2, 0) is 0 Å². The third kappa shape index (κ3) is 1.46. The topological polar surface area (TPSA) is 38.9 Å². The van der Waals surface area contributed by atoms with Gasteiger partial charge in [-0.15, -0.1) is 0 Å². The number of anilines is 1. The highest BCUT2D eigenvalue weighted by Crippen LogP contribution is 2.40. The Morgan fingerprint density at radius 1 is 1.45 bits per heavy atom. The van der Waals surface area contributed by atoms with E-state index in [1.165, 1.54) is 18.4 Å². The molecular formula is C8H9ClN2. The van der Waals surface area contributed by atoms with Crippen LogP contribution in [0.5, 0.6) is 0 Å². The molecule has 0 saturated heterocycles. The molecule has 1 aromatic heterocycles. The number of pyridine rings is 1. The van der Waals surface area contributed by atoms with E-state index >= 15 is 0 Å². The number of nitrogens with two attached hydrogens (primary N) is 1. The van der Waals surface area contributed by atoms with Crippen LogP contribution in [0.25, 0.3) is 0 Å². The molecule has 2 nitrogen and oxygen atoms in total. The lowest BCUT2D eigenvalue weighted by Gasteiger charge is -1.99. The quantitative estimate of drug-likeness (QED) is 0.653. The Hall–Kier alpha value is -0.760. The summed E-state index contributed by atoms with van der Waals surface area (Å²) in [5.41, 5.74) is 6.77. The number of nitrogen functional groups attached to an aromatic ring is 1. The minimum atomic E-state index is 0.506. The first kappa shape index (κ1) is 6.92. The maximum absolute atomic E-state index is 5.73. The number of aromatic nitrogens is 1. The van der Waals surface area contributed by atoms with E-state index in [2.05, 4.69) is 4.98 Å². The van der Waals surface area contributed by atoms with Crippen molar-refractivity contribution in [2.45, 2.75) is 18.8 Å². The molecular weight excluding hydrogens is 160 g/mol. The van der Waals surface area contributed by atoms with Crippen molar-refractivity contribution in [2.24, 2.45) is 0 Å². The number of rotatable bonds is 1. The summed E-state index contributed by atoms with van der Waals surface area (Å²) in [6, 6.07) is 3.80. The lowest BCUT2D eigenvalue weighted by atomic mass is 10.2. The standard InChI is InChI=1S/C8H9ClN2/c9-7-3-6(5-1-2-5)4-8(10)11-7/h3-5H,1-2H2,(H2,10,11). The summed E-state index contributed by atoms with van der Waals surface area (Å²) in [7, 11) is 0.